The molecule has 0 aliphatic carbocycles. The van der Waals surface area contributed by atoms with Crippen LogP contribution in [0.5, 0.6) is 0 Å². The van der Waals surface area contributed by atoms with Crippen molar-refractivity contribution in [3.05, 3.63) is 10.4 Å². The van der Waals surface area contributed by atoms with Crippen LogP contribution in [0.3, 0.4) is 0 Å². The van der Waals surface area contributed by atoms with Gasteiger partial charge in [-0.15, -0.1) is 34.9 Å². The molecular weight excluding hydrogens is 318 g/mol. The second kappa shape index (κ2) is 7.98. The van der Waals surface area contributed by atoms with Crippen molar-refractivity contribution < 1.29 is 0 Å². The van der Waals surface area contributed by atoms with Gasteiger partial charge in [-0.3, -0.25) is 0 Å². The third-order valence-electron chi connectivity index (χ3n) is 1.81. The minimum absolute atomic E-state index is 0.248. The van der Waals surface area contributed by atoms with E-state index >= 15 is 0 Å². The molecular formula is C10H7N5S4. The second-order valence-corrected chi connectivity index (χ2v) is 7.47. The third-order valence-corrected chi connectivity index (χ3v) is 6.36. The van der Waals surface area contributed by atoms with Crippen LogP contribution in [0, 0.1) is 34.1 Å². The van der Waals surface area contributed by atoms with Crippen molar-refractivity contribution in [1.29, 1.82) is 15.8 Å². The number of aliphatic imine (C=N–C) groups is 1. The Morgan fingerprint density at radius 1 is 1.37 bits per heavy atom. The summed E-state index contributed by atoms with van der Waals surface area (Å²) in [7, 11) is 0. The van der Waals surface area contributed by atoms with Crippen LogP contribution in [0.4, 0.5) is 5.69 Å². The van der Waals surface area contributed by atoms with Crippen LogP contribution in [0.15, 0.2) is 9.20 Å². The van der Waals surface area contributed by atoms with Gasteiger partial charge in [0.2, 0.25) is 6.19 Å². The molecule has 0 saturated heterocycles. The van der Waals surface area contributed by atoms with Crippen LogP contribution in [0.1, 0.15) is 10.4 Å². The van der Waals surface area contributed by atoms with Gasteiger partial charge in [0, 0.05) is 0 Å². The zero-order chi connectivity index (χ0) is 14.3. The smallest absolute Gasteiger partial charge is 0.207 e. The second-order valence-electron chi connectivity index (χ2n) is 2.82. The van der Waals surface area contributed by atoms with Crippen LogP contribution in [-0.2, 0) is 0 Å². The fourth-order valence-corrected chi connectivity index (χ4v) is 5.15. The minimum atomic E-state index is 0.248. The van der Waals surface area contributed by atoms with E-state index < -0.39 is 0 Å². The summed E-state index contributed by atoms with van der Waals surface area (Å²) in [6, 6.07) is 3.98. The Morgan fingerprint density at radius 2 is 2.11 bits per heavy atom. The summed E-state index contributed by atoms with van der Waals surface area (Å²) in [5, 5.41) is 27.0. The lowest BCUT2D eigenvalue weighted by atomic mass is 10.3. The number of hydrogen-bond donors (Lipinski definition) is 1. The summed E-state index contributed by atoms with van der Waals surface area (Å²) < 4.78 is 1.39. The van der Waals surface area contributed by atoms with Gasteiger partial charge in [0.25, 0.3) is 0 Å². The van der Waals surface area contributed by atoms with Crippen molar-refractivity contribution in [2.45, 2.75) is 4.21 Å². The Morgan fingerprint density at radius 3 is 2.63 bits per heavy atom. The molecule has 0 aromatic carbocycles. The fourth-order valence-electron chi connectivity index (χ4n) is 1.02. The molecule has 0 amide bonds. The van der Waals surface area contributed by atoms with Gasteiger partial charge in [-0.25, -0.2) is 0 Å². The molecule has 0 aliphatic heterocycles. The lowest BCUT2D eigenvalue weighted by molar-refractivity contribution is 1.45. The largest absolute Gasteiger partial charge is 0.396 e. The van der Waals surface area contributed by atoms with Gasteiger partial charge in [0.15, 0.2) is 0 Å². The van der Waals surface area contributed by atoms with Crippen molar-refractivity contribution in [3.63, 3.8) is 0 Å². The van der Waals surface area contributed by atoms with E-state index in [1.807, 2.05) is 18.4 Å². The molecule has 0 unspecified atom stereocenters. The third kappa shape index (κ3) is 4.09. The highest BCUT2D eigenvalue weighted by atomic mass is 32.2. The monoisotopic (exact) mass is 325 g/mol. The Labute approximate surface area is 127 Å². The molecule has 0 aliphatic rings. The zero-order valence-corrected chi connectivity index (χ0v) is 13.0. The molecule has 0 bridgehead atoms. The minimum Gasteiger partial charge on any atom is -0.396 e. The van der Waals surface area contributed by atoms with E-state index in [-0.39, 0.29) is 5.69 Å². The van der Waals surface area contributed by atoms with E-state index in [1.165, 1.54) is 46.6 Å². The van der Waals surface area contributed by atoms with E-state index in [4.69, 9.17) is 21.5 Å². The van der Waals surface area contributed by atoms with Crippen LogP contribution in [0.25, 0.3) is 0 Å². The molecule has 0 fully saturated rings. The number of rotatable bonds is 3. The first-order chi connectivity index (χ1) is 9.17. The molecule has 1 aromatic rings. The van der Waals surface area contributed by atoms with E-state index in [1.54, 1.807) is 6.19 Å². The Kier molecular flexibility index (Phi) is 6.61. The first-order valence-electron chi connectivity index (χ1n) is 4.66. The fraction of sp³-hybridized carbons (Fsp3) is 0.200. The Bertz CT molecular complexity index is 614. The van der Waals surface area contributed by atoms with Gasteiger partial charge in [0.1, 0.15) is 27.0 Å². The zero-order valence-electron chi connectivity index (χ0n) is 9.71. The maximum atomic E-state index is 9.02. The van der Waals surface area contributed by atoms with Gasteiger partial charge in [-0.05, 0) is 6.26 Å². The maximum Gasteiger partial charge on any atom is 0.207 e. The van der Waals surface area contributed by atoms with Crippen molar-refractivity contribution in [2.75, 3.05) is 17.1 Å². The lowest BCUT2D eigenvalue weighted by Crippen LogP contribution is -1.88. The van der Waals surface area contributed by atoms with Gasteiger partial charge < -0.3 is 5.73 Å². The molecule has 19 heavy (non-hydrogen) atoms. The summed E-state index contributed by atoms with van der Waals surface area (Å²) >= 11 is 5.43. The normalized spacial score (nSPS) is 10.5. The highest BCUT2D eigenvalue weighted by Gasteiger charge is 2.16. The van der Waals surface area contributed by atoms with E-state index in [0.717, 1.165) is 4.21 Å². The van der Waals surface area contributed by atoms with E-state index in [0.29, 0.717) is 19.9 Å². The number of anilines is 1. The van der Waals surface area contributed by atoms with Crippen molar-refractivity contribution >= 4 is 56.7 Å². The molecule has 1 aromatic heterocycles. The topological polar surface area (TPSA) is 110 Å². The quantitative estimate of drug-likeness (QED) is 0.299. The van der Waals surface area contributed by atoms with Gasteiger partial charge >= 0.3 is 0 Å². The van der Waals surface area contributed by atoms with Crippen molar-refractivity contribution in [2.24, 2.45) is 4.99 Å². The predicted octanol–water partition coefficient (Wildman–Crippen LogP) is 3.06. The van der Waals surface area contributed by atoms with Crippen LogP contribution >= 0.6 is 46.6 Å². The SMILES string of the molecule is CSC(=NC#N)SCSc1sc(C#N)c(N)c1C#N. The highest BCUT2D eigenvalue weighted by molar-refractivity contribution is 8.41. The number of nitrogens with zero attached hydrogens (tertiary/aromatic N) is 4. The van der Waals surface area contributed by atoms with E-state index in [2.05, 4.69) is 4.99 Å². The summed E-state index contributed by atoms with van der Waals surface area (Å²) in [5.41, 5.74) is 6.31. The van der Waals surface area contributed by atoms with Crippen LogP contribution in [0.2, 0.25) is 0 Å². The number of nitriles is 3. The number of thioether (sulfide) groups is 3. The average molecular weight is 325 g/mol. The van der Waals surface area contributed by atoms with Gasteiger partial charge in [-0.2, -0.15) is 20.8 Å². The molecule has 9 heteroatoms. The van der Waals surface area contributed by atoms with E-state index in [9.17, 15) is 0 Å². The molecule has 0 atom stereocenters. The molecule has 96 valence electrons. The Balaban J connectivity index is 2.75. The molecule has 1 heterocycles. The lowest BCUT2D eigenvalue weighted by Gasteiger charge is -1.99. The molecule has 0 spiro atoms. The molecule has 0 radical (unpaired) electrons. The predicted molar refractivity (Wildman–Crippen MR) is 83.0 cm³/mol. The first-order valence-corrected chi connectivity index (χ1v) is 8.68. The summed E-state index contributed by atoms with van der Waals surface area (Å²) in [6.45, 7) is 0. The van der Waals surface area contributed by atoms with Gasteiger partial charge in [0.05, 0.1) is 15.0 Å². The van der Waals surface area contributed by atoms with Gasteiger partial charge in [-0.1, -0.05) is 11.8 Å². The standard InChI is InChI=1S/C10H7N5S4/c1-16-10(15-4-13)18-5-17-9-6(2-11)8(14)7(3-12)19-9/h5,14H2,1H3. The molecule has 1 rings (SSSR count). The summed E-state index contributed by atoms with van der Waals surface area (Å²) in [6.07, 6.45) is 3.58. The molecule has 2 N–H and O–H groups in total. The van der Waals surface area contributed by atoms with Crippen molar-refractivity contribution in [3.8, 4) is 18.3 Å². The maximum absolute atomic E-state index is 9.02. The first kappa shape index (κ1) is 15.7. The number of thiophene rings is 1. The number of hydrogen-bond acceptors (Lipinski definition) is 9. The highest BCUT2D eigenvalue weighted by Crippen LogP contribution is 2.39. The van der Waals surface area contributed by atoms with Crippen LogP contribution < -0.4 is 5.73 Å². The van der Waals surface area contributed by atoms with Crippen molar-refractivity contribution in [1.82, 2.24) is 0 Å². The number of nitrogen functional groups attached to an aromatic ring is 1. The average Bonchev–Trinajstić information content (AvgIpc) is 2.73. The Hall–Kier alpha value is -1.31. The van der Waals surface area contributed by atoms with Crippen LogP contribution in [-0.4, -0.2) is 15.7 Å². The number of nitrogens with two attached hydrogens (primary N) is 1. The summed E-state index contributed by atoms with van der Waals surface area (Å²) in [4.78, 5) is 4.01. The summed E-state index contributed by atoms with van der Waals surface area (Å²) in [5.74, 6) is 0. The molecule has 5 nitrogen and oxygen atoms in total. The molecule has 0 saturated carbocycles.